The highest BCUT2D eigenvalue weighted by Gasteiger charge is 2.63. The summed E-state index contributed by atoms with van der Waals surface area (Å²) in [6.07, 6.45) is 22.6. The fourth-order valence-electron chi connectivity index (χ4n) is 17.3. The molecular weight excluding hydrogens is 793 g/mol. The molecule has 0 aliphatic heterocycles. The summed E-state index contributed by atoms with van der Waals surface area (Å²) in [6, 6.07) is 1.98. The Bertz CT molecular complexity index is 2140. The first kappa shape index (κ1) is 44.7. The van der Waals surface area contributed by atoms with E-state index in [1.54, 1.807) is 0 Å². The normalized spacial score (nSPS) is 46.0. The molecule has 13 heteroatoms. The minimum Gasteiger partial charge on any atom is -0.390 e. The van der Waals surface area contributed by atoms with Gasteiger partial charge in [-0.25, -0.2) is 0 Å². The van der Waals surface area contributed by atoms with Gasteiger partial charge in [0.2, 0.25) is 0 Å². The summed E-state index contributed by atoms with van der Waals surface area (Å²) in [5, 5.41) is 46.7. The number of hydrogen-bond acceptors (Lipinski definition) is 10. The minimum absolute atomic E-state index is 0.0362. The maximum atomic E-state index is 13.3. The van der Waals surface area contributed by atoms with Crippen molar-refractivity contribution in [1.29, 1.82) is 5.26 Å². The molecule has 1 amide bonds. The van der Waals surface area contributed by atoms with Gasteiger partial charge in [-0.15, -0.1) is 10.2 Å². The Morgan fingerprint density at radius 1 is 0.619 bits per heavy atom. The predicted molar refractivity (Wildman–Crippen MR) is 235 cm³/mol. The molecule has 2 aromatic rings. The lowest BCUT2D eigenvalue weighted by Gasteiger charge is -2.61. The molecule has 8 aliphatic rings. The van der Waals surface area contributed by atoms with Gasteiger partial charge in [0.25, 0.3) is 5.91 Å². The summed E-state index contributed by atoms with van der Waals surface area (Å²) in [6.45, 7) is 14.1. The van der Waals surface area contributed by atoms with Crippen molar-refractivity contribution in [3.63, 3.8) is 0 Å². The second-order valence-electron chi connectivity index (χ2n) is 24.0. The van der Waals surface area contributed by atoms with Gasteiger partial charge >= 0.3 is 0 Å². The van der Waals surface area contributed by atoms with E-state index < -0.39 is 17.1 Å². The number of primary amides is 1. The molecular formula is C50H74N8O5. The molecule has 344 valence electrons. The lowest BCUT2D eigenvalue weighted by Crippen LogP contribution is -2.55. The topological polar surface area (TPSA) is 203 Å². The molecule has 0 aromatic carbocycles. The first-order valence-corrected chi connectivity index (χ1v) is 24.7. The molecule has 2 aromatic heterocycles. The number of rotatable bonds is 7. The molecule has 13 nitrogen and oxygen atoms in total. The predicted octanol–water partition coefficient (Wildman–Crippen LogP) is 7.48. The Kier molecular flexibility index (Phi) is 11.2. The van der Waals surface area contributed by atoms with E-state index in [1.165, 1.54) is 60.5 Å². The molecule has 4 N–H and O–H groups in total. The monoisotopic (exact) mass is 867 g/mol. The number of amides is 1. The lowest BCUT2D eigenvalue weighted by atomic mass is 9.44. The number of aromatic nitrogens is 6. The number of nitriles is 1. The van der Waals surface area contributed by atoms with E-state index in [9.17, 15) is 24.6 Å². The Balaban J connectivity index is 0.000000160. The SMILES string of the molecule is C[C@@]1(O)CC[C@@]2(C)[C@H](CC[C@@H]3[C@@H]2CC[C@]2(C)[C@@H](C(=O)Cn4ncc(C#N)n4)CC[C@@H]32)C1.C[C@@]1(O)CC[C@@]2(C)[C@H](CC[C@@H]3[C@@H]2CC[C@]2(C)[C@@H](C(=O)Cn4ncc(C(N)=O)n4)CC[C@@H]32)C1. The number of ketones is 2. The second-order valence-corrected chi connectivity index (χ2v) is 24.0. The van der Waals surface area contributed by atoms with E-state index in [2.05, 4.69) is 48.1 Å². The third kappa shape index (κ3) is 7.62. The zero-order chi connectivity index (χ0) is 44.9. The summed E-state index contributed by atoms with van der Waals surface area (Å²) in [7, 11) is 0. The maximum absolute atomic E-state index is 13.3. The van der Waals surface area contributed by atoms with Gasteiger partial charge in [0.1, 0.15) is 19.2 Å². The van der Waals surface area contributed by atoms with E-state index >= 15 is 0 Å². The quantitative estimate of drug-likeness (QED) is 0.250. The number of fused-ring (bicyclic) bond motifs is 10. The van der Waals surface area contributed by atoms with Gasteiger partial charge in [-0.3, -0.25) is 14.4 Å². The van der Waals surface area contributed by atoms with E-state index in [0.717, 1.165) is 88.9 Å². The van der Waals surface area contributed by atoms with Crippen molar-refractivity contribution in [2.45, 2.75) is 181 Å². The van der Waals surface area contributed by atoms with Crippen LogP contribution in [0.5, 0.6) is 0 Å². The Hall–Kier alpha value is -3.50. The number of carbonyl (C=O) groups is 3. The fraction of sp³-hybridized carbons (Fsp3) is 0.840. The van der Waals surface area contributed by atoms with Crippen LogP contribution in [0.25, 0.3) is 0 Å². The van der Waals surface area contributed by atoms with Crippen LogP contribution in [0, 0.1) is 92.2 Å². The molecule has 16 atom stereocenters. The van der Waals surface area contributed by atoms with Crippen LogP contribution < -0.4 is 5.73 Å². The first-order valence-electron chi connectivity index (χ1n) is 24.7. The Morgan fingerprint density at radius 3 is 1.49 bits per heavy atom. The number of carbonyl (C=O) groups excluding carboxylic acids is 3. The van der Waals surface area contributed by atoms with Crippen LogP contribution in [0.15, 0.2) is 12.4 Å². The van der Waals surface area contributed by atoms with Crippen LogP contribution in [0.3, 0.4) is 0 Å². The number of aliphatic hydroxyl groups is 2. The lowest BCUT2D eigenvalue weighted by molar-refractivity contribution is -0.151. The van der Waals surface area contributed by atoms with Gasteiger partial charge in [-0.05, 0) is 198 Å². The standard InChI is InChI=1S/C25H38N4O3.C25H36N4O2/c1-23(32)10-11-24(2)15(12-23)4-5-16-17-6-7-19(25(17,3)9-8-18(16)24)21(30)14-29-27-13-20(28-29)22(26)31;1-23(31)10-11-24(2)16(12-23)4-5-18-19-6-7-21(25(19,3)9-8-20(18)24)22(30)15-29-27-14-17(13-26)28-29/h13,15-19,32H,4-12,14H2,1-3H3,(H2,26,31);14,16,18-21,31H,4-12,15H2,1-3H3/t15-,16+,17+,18+,19-,23-,24+,25+;16-,18+,19+,20+,21-,23-,24+,25+/m11/s1. The van der Waals surface area contributed by atoms with Crippen molar-refractivity contribution in [2.24, 2.45) is 86.6 Å². The first-order chi connectivity index (χ1) is 29.7. The van der Waals surface area contributed by atoms with Gasteiger partial charge in [0.05, 0.1) is 23.6 Å². The molecule has 0 unspecified atom stereocenters. The van der Waals surface area contributed by atoms with Gasteiger partial charge in [0.15, 0.2) is 23.0 Å². The Morgan fingerprint density at radius 2 is 1.06 bits per heavy atom. The molecule has 8 saturated carbocycles. The van der Waals surface area contributed by atoms with Crippen molar-refractivity contribution < 1.29 is 24.6 Å². The minimum atomic E-state index is -0.622. The summed E-state index contributed by atoms with van der Waals surface area (Å²) in [4.78, 5) is 40.6. The van der Waals surface area contributed by atoms with Crippen molar-refractivity contribution in [1.82, 2.24) is 30.0 Å². The zero-order valence-corrected chi connectivity index (χ0v) is 38.9. The van der Waals surface area contributed by atoms with E-state index in [0.29, 0.717) is 46.3 Å². The van der Waals surface area contributed by atoms with Crippen molar-refractivity contribution in [2.75, 3.05) is 0 Å². The molecule has 0 radical (unpaired) electrons. The van der Waals surface area contributed by atoms with Crippen molar-refractivity contribution in [3.05, 3.63) is 23.8 Å². The van der Waals surface area contributed by atoms with Crippen LogP contribution in [0.2, 0.25) is 0 Å². The third-order valence-corrected chi connectivity index (χ3v) is 20.7. The van der Waals surface area contributed by atoms with Crippen LogP contribution in [-0.4, -0.2) is 68.9 Å². The highest BCUT2D eigenvalue weighted by atomic mass is 16.3. The molecule has 8 fully saturated rings. The van der Waals surface area contributed by atoms with Crippen molar-refractivity contribution >= 4 is 17.5 Å². The van der Waals surface area contributed by atoms with E-state index in [1.807, 2.05) is 19.9 Å². The maximum Gasteiger partial charge on any atom is 0.270 e. The molecule has 10 rings (SSSR count). The summed E-state index contributed by atoms with van der Waals surface area (Å²) in [5.41, 5.74) is 5.45. The largest absolute Gasteiger partial charge is 0.390 e. The van der Waals surface area contributed by atoms with Gasteiger partial charge in [-0.1, -0.05) is 27.7 Å². The Labute approximate surface area is 374 Å². The molecule has 8 aliphatic carbocycles. The number of hydrogen-bond donors (Lipinski definition) is 3. The molecule has 0 saturated heterocycles. The average molecular weight is 867 g/mol. The summed E-state index contributed by atoms with van der Waals surface area (Å²) in [5.74, 6) is 5.27. The summed E-state index contributed by atoms with van der Waals surface area (Å²) >= 11 is 0. The molecule has 0 bridgehead atoms. The summed E-state index contributed by atoms with van der Waals surface area (Å²) < 4.78 is 0. The van der Waals surface area contributed by atoms with E-state index in [-0.39, 0.29) is 58.7 Å². The van der Waals surface area contributed by atoms with Crippen LogP contribution in [0.4, 0.5) is 0 Å². The third-order valence-electron chi connectivity index (χ3n) is 20.7. The van der Waals surface area contributed by atoms with Crippen molar-refractivity contribution in [3.8, 4) is 6.07 Å². The number of nitrogens with two attached hydrogens (primary N) is 1. The zero-order valence-electron chi connectivity index (χ0n) is 38.9. The second kappa shape index (κ2) is 15.8. The number of Topliss-reactive ketones (excluding diaryl/α,β-unsaturated/α-hetero) is 2. The highest BCUT2D eigenvalue weighted by molar-refractivity contribution is 5.90. The average Bonchev–Trinajstić information content (AvgIpc) is 4.03. The molecule has 63 heavy (non-hydrogen) atoms. The molecule has 0 spiro atoms. The van der Waals surface area contributed by atoms with Crippen LogP contribution >= 0.6 is 0 Å². The van der Waals surface area contributed by atoms with Crippen LogP contribution in [-0.2, 0) is 22.7 Å². The van der Waals surface area contributed by atoms with Gasteiger partial charge < -0.3 is 15.9 Å². The van der Waals surface area contributed by atoms with Gasteiger partial charge in [-0.2, -0.15) is 25.1 Å². The number of nitrogens with zero attached hydrogens (tertiary/aromatic N) is 7. The molecule has 2 heterocycles. The van der Waals surface area contributed by atoms with Crippen LogP contribution in [0.1, 0.15) is 173 Å². The fourth-order valence-corrected chi connectivity index (χ4v) is 17.3. The highest BCUT2D eigenvalue weighted by Crippen LogP contribution is 2.70. The smallest absolute Gasteiger partial charge is 0.270 e. The van der Waals surface area contributed by atoms with E-state index in [4.69, 9.17) is 11.0 Å². The van der Waals surface area contributed by atoms with Gasteiger partial charge in [0, 0.05) is 11.8 Å².